The zero-order valence-electron chi connectivity index (χ0n) is 10.1. The molecule has 0 amide bonds. The lowest BCUT2D eigenvalue weighted by atomic mass is 9.96. The van der Waals surface area contributed by atoms with Crippen molar-refractivity contribution in [2.24, 2.45) is 5.92 Å². The fourth-order valence-electron chi connectivity index (χ4n) is 1.73. The first-order valence-corrected chi connectivity index (χ1v) is 7.25. The highest BCUT2D eigenvalue weighted by molar-refractivity contribution is 8.00. The van der Waals surface area contributed by atoms with Crippen molar-refractivity contribution >= 4 is 23.4 Å². The van der Waals surface area contributed by atoms with Gasteiger partial charge in [-0.25, -0.2) is 0 Å². The van der Waals surface area contributed by atoms with Gasteiger partial charge in [0.2, 0.25) is 0 Å². The molecular formula is C13H16ClF3S. The predicted molar refractivity (Wildman–Crippen MR) is 72.2 cm³/mol. The molecule has 1 aromatic carbocycles. The van der Waals surface area contributed by atoms with Crippen LogP contribution in [0.3, 0.4) is 0 Å². The van der Waals surface area contributed by atoms with E-state index in [2.05, 4.69) is 0 Å². The molecule has 0 bridgehead atoms. The Morgan fingerprint density at radius 3 is 2.50 bits per heavy atom. The van der Waals surface area contributed by atoms with Crippen LogP contribution in [0, 0.1) is 12.8 Å². The molecule has 1 atom stereocenters. The van der Waals surface area contributed by atoms with Crippen molar-refractivity contribution in [1.82, 2.24) is 0 Å². The van der Waals surface area contributed by atoms with Crippen molar-refractivity contribution in [1.29, 1.82) is 0 Å². The molecule has 102 valence electrons. The lowest BCUT2D eigenvalue weighted by Gasteiger charge is -2.15. The SMILES string of the molecule is Cc1ccccc1CC(CCl)CCSC(F)(F)F. The zero-order chi connectivity index (χ0) is 13.6. The van der Waals surface area contributed by atoms with E-state index < -0.39 is 5.51 Å². The summed E-state index contributed by atoms with van der Waals surface area (Å²) in [5.74, 6) is 0.571. The molecule has 0 saturated heterocycles. The van der Waals surface area contributed by atoms with E-state index in [9.17, 15) is 13.2 Å². The molecular weight excluding hydrogens is 281 g/mol. The number of hydrogen-bond donors (Lipinski definition) is 0. The van der Waals surface area contributed by atoms with Crippen LogP contribution in [0.25, 0.3) is 0 Å². The van der Waals surface area contributed by atoms with Gasteiger partial charge in [0.25, 0.3) is 0 Å². The van der Waals surface area contributed by atoms with Gasteiger partial charge in [0.15, 0.2) is 0 Å². The molecule has 0 aliphatic carbocycles. The van der Waals surface area contributed by atoms with Crippen molar-refractivity contribution in [3.05, 3.63) is 35.4 Å². The van der Waals surface area contributed by atoms with Crippen LogP contribution >= 0.6 is 23.4 Å². The van der Waals surface area contributed by atoms with Crippen LogP contribution < -0.4 is 0 Å². The Balaban J connectivity index is 2.45. The summed E-state index contributed by atoms with van der Waals surface area (Å²) in [5.41, 5.74) is -1.81. The second-order valence-electron chi connectivity index (χ2n) is 4.23. The lowest BCUT2D eigenvalue weighted by molar-refractivity contribution is -0.0328. The van der Waals surface area contributed by atoms with Gasteiger partial charge in [0.1, 0.15) is 0 Å². The summed E-state index contributed by atoms with van der Waals surface area (Å²) in [6.07, 6.45) is 1.23. The molecule has 0 aromatic heterocycles. The number of alkyl halides is 4. The molecule has 0 N–H and O–H groups in total. The Hall–Kier alpha value is -0.350. The molecule has 0 aliphatic rings. The second kappa shape index (κ2) is 7.29. The fraction of sp³-hybridized carbons (Fsp3) is 0.538. The van der Waals surface area contributed by atoms with Gasteiger partial charge in [-0.05, 0) is 36.8 Å². The van der Waals surface area contributed by atoms with Gasteiger partial charge in [0.05, 0.1) is 0 Å². The Morgan fingerprint density at radius 1 is 1.28 bits per heavy atom. The number of hydrogen-bond acceptors (Lipinski definition) is 1. The maximum absolute atomic E-state index is 12.0. The molecule has 1 rings (SSSR count). The second-order valence-corrected chi connectivity index (χ2v) is 5.70. The Morgan fingerprint density at radius 2 is 1.94 bits per heavy atom. The third kappa shape index (κ3) is 6.01. The Labute approximate surface area is 115 Å². The van der Waals surface area contributed by atoms with Crippen LogP contribution in [-0.2, 0) is 6.42 Å². The van der Waals surface area contributed by atoms with Crippen molar-refractivity contribution in [2.75, 3.05) is 11.6 Å². The number of halogens is 4. The van der Waals surface area contributed by atoms with Crippen LogP contribution in [0.5, 0.6) is 0 Å². The Kier molecular flexibility index (Phi) is 6.36. The molecule has 5 heteroatoms. The lowest BCUT2D eigenvalue weighted by Crippen LogP contribution is -2.11. The van der Waals surface area contributed by atoms with Gasteiger partial charge in [-0.1, -0.05) is 36.0 Å². The molecule has 0 fully saturated rings. The molecule has 0 radical (unpaired) electrons. The van der Waals surface area contributed by atoms with Crippen molar-refractivity contribution in [2.45, 2.75) is 25.3 Å². The molecule has 1 unspecified atom stereocenters. The Bertz CT molecular complexity index is 365. The molecule has 0 spiro atoms. The molecule has 18 heavy (non-hydrogen) atoms. The van der Waals surface area contributed by atoms with E-state index in [1.54, 1.807) is 0 Å². The topological polar surface area (TPSA) is 0 Å². The van der Waals surface area contributed by atoms with Crippen LogP contribution in [0.15, 0.2) is 24.3 Å². The summed E-state index contributed by atoms with van der Waals surface area (Å²) in [5, 5.41) is 0. The van der Waals surface area contributed by atoms with Gasteiger partial charge in [-0.2, -0.15) is 13.2 Å². The minimum Gasteiger partial charge on any atom is -0.160 e. The molecule has 0 heterocycles. The molecule has 1 aromatic rings. The summed E-state index contributed by atoms with van der Waals surface area (Å²) in [7, 11) is 0. The maximum Gasteiger partial charge on any atom is 0.441 e. The predicted octanol–water partition coefficient (Wildman–Crippen LogP) is 5.04. The van der Waals surface area contributed by atoms with Gasteiger partial charge in [-0.3, -0.25) is 0 Å². The highest BCUT2D eigenvalue weighted by Crippen LogP contribution is 2.32. The van der Waals surface area contributed by atoms with Crippen LogP contribution in [0.4, 0.5) is 13.2 Å². The van der Waals surface area contributed by atoms with E-state index in [0.29, 0.717) is 12.3 Å². The van der Waals surface area contributed by atoms with E-state index in [1.807, 2.05) is 31.2 Å². The summed E-state index contributed by atoms with van der Waals surface area (Å²) in [6, 6.07) is 7.91. The van der Waals surface area contributed by atoms with E-state index in [1.165, 1.54) is 5.56 Å². The fourth-order valence-corrected chi connectivity index (χ4v) is 2.67. The van der Waals surface area contributed by atoms with Crippen LogP contribution in [0.2, 0.25) is 0 Å². The van der Waals surface area contributed by atoms with Gasteiger partial charge in [-0.15, -0.1) is 11.6 Å². The normalized spacial score (nSPS) is 13.6. The van der Waals surface area contributed by atoms with Crippen LogP contribution in [0.1, 0.15) is 17.5 Å². The minimum atomic E-state index is -4.14. The smallest absolute Gasteiger partial charge is 0.160 e. The average Bonchev–Trinajstić information content (AvgIpc) is 2.29. The zero-order valence-corrected chi connectivity index (χ0v) is 11.7. The molecule has 0 aliphatic heterocycles. The molecule has 0 nitrogen and oxygen atoms in total. The number of thioether (sulfide) groups is 1. The van der Waals surface area contributed by atoms with Gasteiger partial charge >= 0.3 is 5.51 Å². The monoisotopic (exact) mass is 296 g/mol. The quantitative estimate of drug-likeness (QED) is 0.663. The van der Waals surface area contributed by atoms with E-state index in [0.717, 1.165) is 12.0 Å². The minimum absolute atomic E-state index is 0.0334. The van der Waals surface area contributed by atoms with Crippen LogP contribution in [-0.4, -0.2) is 17.1 Å². The van der Waals surface area contributed by atoms with Crippen molar-refractivity contribution < 1.29 is 13.2 Å². The summed E-state index contributed by atoms with van der Waals surface area (Å²) in [6.45, 7) is 2.01. The number of rotatable bonds is 6. The first-order chi connectivity index (χ1) is 8.42. The molecule has 0 saturated carbocycles. The maximum atomic E-state index is 12.0. The highest BCUT2D eigenvalue weighted by atomic mass is 35.5. The van der Waals surface area contributed by atoms with E-state index in [-0.39, 0.29) is 23.4 Å². The van der Waals surface area contributed by atoms with E-state index in [4.69, 9.17) is 11.6 Å². The largest absolute Gasteiger partial charge is 0.441 e. The standard InChI is InChI=1S/C13H16ClF3S/c1-10-4-2-3-5-12(10)8-11(9-14)6-7-18-13(15,16)17/h2-5,11H,6-9H2,1H3. The summed E-state index contributed by atoms with van der Waals surface area (Å²) >= 11 is 5.86. The number of benzene rings is 1. The number of aryl methyl sites for hydroxylation is 1. The van der Waals surface area contributed by atoms with Crippen molar-refractivity contribution in [3.63, 3.8) is 0 Å². The van der Waals surface area contributed by atoms with Crippen molar-refractivity contribution in [3.8, 4) is 0 Å². The highest BCUT2D eigenvalue weighted by Gasteiger charge is 2.28. The average molecular weight is 297 g/mol. The first kappa shape index (κ1) is 15.7. The third-order valence-electron chi connectivity index (χ3n) is 2.78. The van der Waals surface area contributed by atoms with Gasteiger partial charge in [0, 0.05) is 11.6 Å². The van der Waals surface area contributed by atoms with E-state index >= 15 is 0 Å². The van der Waals surface area contributed by atoms with Gasteiger partial charge < -0.3 is 0 Å². The summed E-state index contributed by atoms with van der Waals surface area (Å²) in [4.78, 5) is 0. The summed E-state index contributed by atoms with van der Waals surface area (Å²) < 4.78 is 36.1. The first-order valence-electron chi connectivity index (χ1n) is 5.73. The third-order valence-corrected chi connectivity index (χ3v) is 3.98.